The minimum atomic E-state index is -1.02. The molecule has 1 fully saturated rings. The SMILES string of the molecule is COc1ccc(CN2C[C@H](C(=O)O)[C@@H](C)C2=O)c(OC)c1.N[C@H](CO)[C@H](O)c1ccc([N+](=O)[O-])cc1. The molecule has 0 radical (unpaired) electrons. The fraction of sp³-hybridized carbons (Fsp3) is 0.417. The van der Waals surface area contributed by atoms with Crippen molar-refractivity contribution in [1.29, 1.82) is 0 Å². The maximum Gasteiger partial charge on any atom is 0.309 e. The van der Waals surface area contributed by atoms with Gasteiger partial charge in [0.15, 0.2) is 0 Å². The van der Waals surface area contributed by atoms with Gasteiger partial charge < -0.3 is 35.4 Å². The number of nitro groups is 1. The molecule has 1 amide bonds. The highest BCUT2D eigenvalue weighted by molar-refractivity contribution is 5.88. The van der Waals surface area contributed by atoms with Crippen LogP contribution < -0.4 is 15.2 Å². The first-order valence-corrected chi connectivity index (χ1v) is 11.0. The number of carboxylic acids is 1. The molecule has 4 atom stereocenters. The van der Waals surface area contributed by atoms with Crippen molar-refractivity contribution < 1.29 is 39.3 Å². The summed E-state index contributed by atoms with van der Waals surface area (Å²) < 4.78 is 10.4. The van der Waals surface area contributed by atoms with Crippen LogP contribution in [0.1, 0.15) is 24.2 Å². The molecule has 0 spiro atoms. The molecule has 0 aliphatic carbocycles. The second-order valence-electron chi connectivity index (χ2n) is 8.27. The molecule has 2 aromatic rings. The van der Waals surface area contributed by atoms with Gasteiger partial charge in [-0.25, -0.2) is 0 Å². The van der Waals surface area contributed by atoms with Crippen molar-refractivity contribution in [3.63, 3.8) is 0 Å². The van der Waals surface area contributed by atoms with Crippen molar-refractivity contribution in [3.05, 3.63) is 63.7 Å². The predicted molar refractivity (Wildman–Crippen MR) is 128 cm³/mol. The molecule has 12 heteroatoms. The maximum absolute atomic E-state index is 12.1. The van der Waals surface area contributed by atoms with Crippen molar-refractivity contribution in [3.8, 4) is 11.5 Å². The van der Waals surface area contributed by atoms with E-state index in [4.69, 9.17) is 25.4 Å². The first-order valence-electron chi connectivity index (χ1n) is 11.0. The summed E-state index contributed by atoms with van der Waals surface area (Å²) in [5.74, 6) is -0.928. The second-order valence-corrected chi connectivity index (χ2v) is 8.27. The van der Waals surface area contributed by atoms with E-state index in [1.807, 2.05) is 6.07 Å². The van der Waals surface area contributed by atoms with Crippen LogP contribution >= 0.6 is 0 Å². The van der Waals surface area contributed by atoms with Gasteiger partial charge in [-0.15, -0.1) is 0 Å². The van der Waals surface area contributed by atoms with Gasteiger partial charge in [0.1, 0.15) is 11.5 Å². The van der Waals surface area contributed by atoms with Gasteiger partial charge in [-0.3, -0.25) is 19.7 Å². The molecule has 0 saturated carbocycles. The lowest BCUT2D eigenvalue weighted by Gasteiger charge is -2.18. The number of amides is 1. The van der Waals surface area contributed by atoms with Crippen LogP contribution in [0.3, 0.4) is 0 Å². The smallest absolute Gasteiger partial charge is 0.309 e. The number of aliphatic carboxylic acids is 1. The Labute approximate surface area is 208 Å². The van der Waals surface area contributed by atoms with Crippen molar-refractivity contribution in [2.45, 2.75) is 25.6 Å². The third kappa shape index (κ3) is 6.90. The molecule has 1 aliphatic heterocycles. The van der Waals surface area contributed by atoms with Crippen LogP contribution in [-0.4, -0.2) is 70.4 Å². The normalized spacial score (nSPS) is 18.6. The first kappa shape index (κ1) is 28.5. The van der Waals surface area contributed by atoms with Crippen LogP contribution in [0.4, 0.5) is 5.69 Å². The van der Waals surface area contributed by atoms with Crippen molar-refractivity contribution in [2.24, 2.45) is 17.6 Å². The average Bonchev–Trinajstić information content (AvgIpc) is 3.17. The molecule has 0 aromatic heterocycles. The summed E-state index contributed by atoms with van der Waals surface area (Å²) in [7, 11) is 3.12. The number of aliphatic hydroxyl groups excluding tert-OH is 2. The Kier molecular flexibility index (Phi) is 10.1. The van der Waals surface area contributed by atoms with Gasteiger partial charge in [-0.1, -0.05) is 6.92 Å². The summed E-state index contributed by atoms with van der Waals surface area (Å²) in [6, 6.07) is 9.96. The number of methoxy groups -OCH3 is 2. The number of nitrogens with two attached hydrogens (primary N) is 1. The molecule has 36 heavy (non-hydrogen) atoms. The number of aliphatic hydroxyl groups is 2. The fourth-order valence-corrected chi connectivity index (χ4v) is 3.71. The second kappa shape index (κ2) is 12.8. The van der Waals surface area contributed by atoms with Gasteiger partial charge in [0, 0.05) is 36.9 Å². The first-order chi connectivity index (χ1) is 17.0. The van der Waals surface area contributed by atoms with Crippen LogP contribution in [0, 0.1) is 22.0 Å². The summed E-state index contributed by atoms with van der Waals surface area (Å²) in [6.07, 6.45) is -1.02. The largest absolute Gasteiger partial charge is 0.497 e. The topological polar surface area (TPSA) is 186 Å². The lowest BCUT2D eigenvalue weighted by atomic mass is 9.98. The van der Waals surface area contributed by atoms with E-state index >= 15 is 0 Å². The van der Waals surface area contributed by atoms with Crippen LogP contribution in [0.2, 0.25) is 0 Å². The summed E-state index contributed by atoms with van der Waals surface area (Å²) in [5, 5.41) is 37.8. The number of rotatable bonds is 9. The number of non-ortho nitro benzene ring substituents is 1. The highest BCUT2D eigenvalue weighted by atomic mass is 16.6. The quantitative estimate of drug-likeness (QED) is 0.286. The van der Waals surface area contributed by atoms with Crippen LogP contribution in [0.15, 0.2) is 42.5 Å². The number of hydrogen-bond donors (Lipinski definition) is 4. The van der Waals surface area contributed by atoms with E-state index in [1.165, 1.54) is 24.3 Å². The van der Waals surface area contributed by atoms with Gasteiger partial charge in [0.05, 0.1) is 49.7 Å². The van der Waals surface area contributed by atoms with E-state index in [2.05, 4.69) is 0 Å². The van der Waals surface area contributed by atoms with E-state index in [9.17, 15) is 24.8 Å². The Morgan fingerprint density at radius 3 is 2.33 bits per heavy atom. The van der Waals surface area contributed by atoms with E-state index in [0.717, 1.165) is 5.56 Å². The standard InChI is InChI=1S/C15H19NO5.C9H12N2O4/c1-9-12(15(18)19)8-16(14(9)17)7-10-4-5-11(20-2)6-13(10)21-3;10-8(5-12)9(13)6-1-3-7(4-2-6)11(14)15/h4-6,9,12H,7-8H2,1-3H3,(H,18,19);1-4,8-9,12-13H,5,10H2/t9-,12+;8-,9-/m11/s1. The molecule has 1 aliphatic rings. The number of carbonyl (C=O) groups is 2. The predicted octanol–water partition coefficient (Wildman–Crippen LogP) is 1.33. The number of hydrogen-bond acceptors (Lipinski definition) is 9. The maximum atomic E-state index is 12.1. The fourth-order valence-electron chi connectivity index (χ4n) is 3.71. The van der Waals surface area contributed by atoms with Crippen LogP contribution in [0.25, 0.3) is 0 Å². The molecule has 196 valence electrons. The molecular weight excluding hydrogens is 474 g/mol. The monoisotopic (exact) mass is 505 g/mol. The van der Waals surface area contributed by atoms with Gasteiger partial charge in [-0.2, -0.15) is 0 Å². The van der Waals surface area contributed by atoms with E-state index < -0.39 is 34.9 Å². The van der Waals surface area contributed by atoms with Gasteiger partial charge >= 0.3 is 5.97 Å². The summed E-state index contributed by atoms with van der Waals surface area (Å²) >= 11 is 0. The van der Waals surface area contributed by atoms with Gasteiger partial charge in [-0.05, 0) is 29.8 Å². The minimum Gasteiger partial charge on any atom is -0.497 e. The molecule has 12 nitrogen and oxygen atoms in total. The Morgan fingerprint density at radius 1 is 1.22 bits per heavy atom. The Hall–Kier alpha value is -3.74. The Balaban J connectivity index is 0.000000269. The highest BCUT2D eigenvalue weighted by Crippen LogP contribution is 2.30. The van der Waals surface area contributed by atoms with Crippen molar-refractivity contribution >= 4 is 17.6 Å². The summed E-state index contributed by atoms with van der Waals surface area (Å²) in [6.45, 7) is 1.87. The van der Waals surface area contributed by atoms with E-state index in [0.29, 0.717) is 23.6 Å². The van der Waals surface area contributed by atoms with E-state index in [1.54, 1.807) is 38.2 Å². The Morgan fingerprint density at radius 2 is 1.86 bits per heavy atom. The lowest BCUT2D eigenvalue weighted by molar-refractivity contribution is -0.384. The number of carbonyl (C=O) groups excluding carboxylic acids is 1. The lowest BCUT2D eigenvalue weighted by Crippen LogP contribution is -2.31. The van der Waals surface area contributed by atoms with Crippen LogP contribution in [-0.2, 0) is 16.1 Å². The average molecular weight is 506 g/mol. The number of ether oxygens (including phenoxy) is 2. The summed E-state index contributed by atoms with van der Waals surface area (Å²) in [5.41, 5.74) is 6.63. The number of benzene rings is 2. The van der Waals surface area contributed by atoms with Gasteiger partial charge in [0.25, 0.3) is 5.69 Å². The molecule has 5 N–H and O–H groups in total. The van der Waals surface area contributed by atoms with Gasteiger partial charge in [0.2, 0.25) is 5.91 Å². The third-order valence-corrected chi connectivity index (χ3v) is 5.96. The molecule has 1 saturated heterocycles. The van der Waals surface area contributed by atoms with Crippen molar-refractivity contribution in [1.82, 2.24) is 4.90 Å². The highest BCUT2D eigenvalue weighted by Gasteiger charge is 2.41. The third-order valence-electron chi connectivity index (χ3n) is 5.96. The zero-order valence-corrected chi connectivity index (χ0v) is 20.2. The van der Waals surface area contributed by atoms with Crippen molar-refractivity contribution in [2.75, 3.05) is 27.4 Å². The molecule has 0 bridgehead atoms. The molecule has 0 unspecified atom stereocenters. The molecule has 3 rings (SSSR count). The molecule has 1 heterocycles. The number of nitrogens with zero attached hydrogens (tertiary/aromatic N) is 2. The molecular formula is C24H31N3O9. The van der Waals surface area contributed by atoms with Crippen LogP contribution in [0.5, 0.6) is 11.5 Å². The minimum absolute atomic E-state index is 0.0523. The number of nitro benzene ring substituents is 1. The Bertz CT molecular complexity index is 1060. The zero-order valence-electron chi connectivity index (χ0n) is 20.2. The zero-order chi connectivity index (χ0) is 27.0. The number of carboxylic acid groups (broad SMARTS) is 1. The number of likely N-dealkylation sites (tertiary alicyclic amines) is 1. The molecule has 2 aromatic carbocycles. The summed E-state index contributed by atoms with van der Waals surface area (Å²) in [4.78, 5) is 34.7. The van der Waals surface area contributed by atoms with E-state index in [-0.39, 0.29) is 24.7 Å².